The second-order valence-electron chi connectivity index (χ2n) is 7.91. The zero-order valence-corrected chi connectivity index (χ0v) is 18.0. The lowest BCUT2D eigenvalue weighted by molar-refractivity contribution is 0.222. The predicted octanol–water partition coefficient (Wildman–Crippen LogP) is 5.13. The van der Waals surface area contributed by atoms with Gasteiger partial charge in [0.2, 0.25) is 0 Å². The lowest BCUT2D eigenvalue weighted by Crippen LogP contribution is -2.13. The van der Waals surface area contributed by atoms with E-state index in [1.54, 1.807) is 0 Å². The Labute approximate surface area is 167 Å². The van der Waals surface area contributed by atoms with Crippen LogP contribution in [0.5, 0.6) is 0 Å². The van der Waals surface area contributed by atoms with Gasteiger partial charge in [-0.1, -0.05) is 34.1 Å². The fourth-order valence-electron chi connectivity index (χ4n) is 3.79. The molecule has 5 nitrogen and oxygen atoms in total. The first kappa shape index (κ1) is 20.5. The summed E-state index contributed by atoms with van der Waals surface area (Å²) in [7, 11) is 0. The molecule has 28 heavy (non-hydrogen) atoms. The number of hydrogen-bond acceptors (Lipinski definition) is 4. The highest BCUT2D eigenvalue weighted by atomic mass is 16.3. The fourth-order valence-corrected chi connectivity index (χ4v) is 3.79. The molecular weight excluding hydrogens is 348 g/mol. The number of aliphatic hydroxyl groups is 1. The number of nitrogens with zero attached hydrogens (tertiary/aromatic N) is 4. The lowest BCUT2D eigenvalue weighted by atomic mass is 10.0. The summed E-state index contributed by atoms with van der Waals surface area (Å²) in [5.74, 6) is 0.402. The van der Waals surface area contributed by atoms with E-state index in [1.165, 1.54) is 0 Å². The van der Waals surface area contributed by atoms with Gasteiger partial charge in [0.15, 0.2) is 5.65 Å². The normalized spacial score (nSPS) is 12.9. The molecule has 3 aromatic heterocycles. The zero-order chi connectivity index (χ0) is 20.4. The van der Waals surface area contributed by atoms with Crippen molar-refractivity contribution in [1.82, 2.24) is 19.5 Å². The Balaban J connectivity index is 2.17. The zero-order valence-electron chi connectivity index (χ0n) is 18.0. The average Bonchev–Trinajstić information content (AvgIpc) is 3.00. The van der Waals surface area contributed by atoms with Crippen molar-refractivity contribution in [3.05, 3.63) is 41.0 Å². The van der Waals surface area contributed by atoms with E-state index >= 15 is 0 Å². The van der Waals surface area contributed by atoms with E-state index < -0.39 is 0 Å². The maximum absolute atomic E-state index is 9.84. The van der Waals surface area contributed by atoms with Crippen molar-refractivity contribution in [1.29, 1.82) is 0 Å². The van der Waals surface area contributed by atoms with Gasteiger partial charge in [0.25, 0.3) is 0 Å². The second-order valence-corrected chi connectivity index (χ2v) is 7.91. The molecule has 0 amide bonds. The first-order valence-electron chi connectivity index (χ1n) is 10.4. The summed E-state index contributed by atoms with van der Waals surface area (Å²) in [4.78, 5) is 14.8. The average molecular weight is 381 g/mol. The monoisotopic (exact) mass is 380 g/mol. The summed E-state index contributed by atoms with van der Waals surface area (Å²) in [5, 5.41) is 9.84. The molecular formula is C23H32N4O. The number of aromatic nitrogens is 4. The molecule has 3 rings (SSSR count). The molecule has 5 heteroatoms. The van der Waals surface area contributed by atoms with Crippen LogP contribution in [-0.4, -0.2) is 31.2 Å². The van der Waals surface area contributed by atoms with Gasteiger partial charge in [-0.05, 0) is 50.3 Å². The van der Waals surface area contributed by atoms with Gasteiger partial charge in [-0.25, -0.2) is 9.97 Å². The number of pyridine rings is 1. The molecule has 0 spiro atoms. The van der Waals surface area contributed by atoms with Crippen molar-refractivity contribution in [2.24, 2.45) is 0 Å². The lowest BCUT2D eigenvalue weighted by Gasteiger charge is -2.17. The van der Waals surface area contributed by atoms with E-state index in [1.807, 2.05) is 6.92 Å². The highest BCUT2D eigenvalue weighted by Crippen LogP contribution is 2.30. The van der Waals surface area contributed by atoms with Gasteiger partial charge in [0.1, 0.15) is 5.52 Å². The Hall–Kier alpha value is -2.27. The molecule has 0 saturated heterocycles. The third kappa shape index (κ3) is 3.68. The van der Waals surface area contributed by atoms with Gasteiger partial charge in [-0.2, -0.15) is 0 Å². The summed E-state index contributed by atoms with van der Waals surface area (Å²) in [6, 6.07) is 4.29. The Kier molecular flexibility index (Phi) is 6.14. The van der Waals surface area contributed by atoms with Crippen LogP contribution in [0, 0.1) is 13.8 Å². The molecule has 0 radical (unpaired) electrons. The van der Waals surface area contributed by atoms with Gasteiger partial charge in [0, 0.05) is 23.1 Å². The van der Waals surface area contributed by atoms with Crippen molar-refractivity contribution in [3.8, 4) is 11.3 Å². The maximum atomic E-state index is 9.84. The maximum Gasteiger partial charge on any atom is 0.159 e. The number of fused-ring (bicyclic) bond motifs is 1. The third-order valence-corrected chi connectivity index (χ3v) is 5.41. The molecule has 0 aliphatic carbocycles. The Bertz CT molecular complexity index is 974. The molecule has 0 saturated carbocycles. The van der Waals surface area contributed by atoms with E-state index in [-0.39, 0.29) is 12.6 Å². The molecule has 0 aliphatic rings. The molecule has 1 N–H and O–H groups in total. The van der Waals surface area contributed by atoms with Crippen LogP contribution in [0.1, 0.15) is 75.1 Å². The Morgan fingerprint density at radius 2 is 1.82 bits per heavy atom. The van der Waals surface area contributed by atoms with Crippen LogP contribution in [0.15, 0.2) is 18.3 Å². The van der Waals surface area contributed by atoms with Crippen LogP contribution in [0.2, 0.25) is 0 Å². The van der Waals surface area contributed by atoms with Gasteiger partial charge in [-0.15, -0.1) is 0 Å². The summed E-state index contributed by atoms with van der Waals surface area (Å²) in [5.41, 5.74) is 7.90. The summed E-state index contributed by atoms with van der Waals surface area (Å²) >= 11 is 0. The largest absolute Gasteiger partial charge is 0.394 e. The van der Waals surface area contributed by atoms with Crippen LogP contribution in [0.25, 0.3) is 22.4 Å². The van der Waals surface area contributed by atoms with Gasteiger partial charge in [0.05, 0.1) is 24.0 Å². The summed E-state index contributed by atoms with van der Waals surface area (Å²) < 4.78 is 2.10. The topological polar surface area (TPSA) is 63.8 Å². The van der Waals surface area contributed by atoms with Crippen molar-refractivity contribution < 1.29 is 5.11 Å². The van der Waals surface area contributed by atoms with E-state index in [4.69, 9.17) is 15.0 Å². The van der Waals surface area contributed by atoms with Crippen LogP contribution in [-0.2, 0) is 6.42 Å². The van der Waals surface area contributed by atoms with E-state index in [0.717, 1.165) is 64.3 Å². The van der Waals surface area contributed by atoms with Gasteiger partial charge >= 0.3 is 0 Å². The summed E-state index contributed by atoms with van der Waals surface area (Å²) in [6.45, 7) is 12.8. The first-order chi connectivity index (χ1) is 13.4. The van der Waals surface area contributed by atoms with E-state index in [2.05, 4.69) is 57.5 Å². The molecule has 3 aromatic rings. The van der Waals surface area contributed by atoms with E-state index in [9.17, 15) is 5.11 Å². The van der Waals surface area contributed by atoms with E-state index in [0.29, 0.717) is 5.92 Å². The molecule has 0 fully saturated rings. The molecule has 0 aromatic carbocycles. The minimum Gasteiger partial charge on any atom is -0.394 e. The molecule has 1 atom stereocenters. The highest BCUT2D eigenvalue weighted by molar-refractivity contribution is 5.80. The minimum absolute atomic E-state index is 0.0407. The number of aryl methyl sites for hydroxylation is 3. The standard InChI is InChI=1S/C23H32N4O/c1-7-9-17(13-28)27-12-15(5)21-23(27)24-16(6)22(26-21)18-10-11-20(14(3)4)25-19(18)8-2/h10-12,14,17,28H,7-9,13H2,1-6H3/t17-/m0/s1. The Morgan fingerprint density at radius 3 is 2.43 bits per heavy atom. The van der Waals surface area contributed by atoms with Crippen molar-refractivity contribution in [2.45, 2.75) is 72.8 Å². The number of aliphatic hydroxyl groups excluding tert-OH is 1. The van der Waals surface area contributed by atoms with Crippen molar-refractivity contribution in [3.63, 3.8) is 0 Å². The summed E-state index contributed by atoms with van der Waals surface area (Å²) in [6.07, 6.45) is 4.87. The quantitative estimate of drug-likeness (QED) is 0.617. The second kappa shape index (κ2) is 8.39. The van der Waals surface area contributed by atoms with Crippen LogP contribution in [0.4, 0.5) is 0 Å². The van der Waals surface area contributed by atoms with Crippen LogP contribution in [0.3, 0.4) is 0 Å². The fraction of sp³-hybridized carbons (Fsp3) is 0.522. The number of hydrogen-bond donors (Lipinski definition) is 1. The van der Waals surface area contributed by atoms with Crippen molar-refractivity contribution in [2.75, 3.05) is 6.61 Å². The minimum atomic E-state index is 0.0407. The molecule has 3 heterocycles. The smallest absolute Gasteiger partial charge is 0.159 e. The van der Waals surface area contributed by atoms with Gasteiger partial charge < -0.3 is 9.67 Å². The molecule has 150 valence electrons. The van der Waals surface area contributed by atoms with Crippen LogP contribution >= 0.6 is 0 Å². The van der Waals surface area contributed by atoms with Gasteiger partial charge in [-0.3, -0.25) is 4.98 Å². The predicted molar refractivity (Wildman–Crippen MR) is 115 cm³/mol. The molecule has 0 unspecified atom stereocenters. The molecule has 0 bridgehead atoms. The van der Waals surface area contributed by atoms with Crippen molar-refractivity contribution >= 4 is 11.2 Å². The third-order valence-electron chi connectivity index (χ3n) is 5.41. The van der Waals surface area contributed by atoms with Crippen LogP contribution < -0.4 is 0 Å². The Morgan fingerprint density at radius 1 is 1.07 bits per heavy atom. The number of rotatable bonds is 7. The highest BCUT2D eigenvalue weighted by Gasteiger charge is 2.19. The molecule has 0 aliphatic heterocycles. The SMILES string of the molecule is CCC[C@@H](CO)n1cc(C)c2nc(-c3ccc(C(C)C)nc3CC)c(C)nc21. The first-order valence-corrected chi connectivity index (χ1v) is 10.4.